The minimum atomic E-state index is -5.19. The van der Waals surface area contributed by atoms with Crippen molar-refractivity contribution in [2.75, 3.05) is 0 Å². The van der Waals surface area contributed by atoms with Crippen LogP contribution in [0, 0.1) is 18.3 Å². The normalized spacial score (nSPS) is 12.9. The molecule has 10 aromatic rings. The number of hydrogen-bond donors (Lipinski definition) is 0. The predicted molar refractivity (Wildman–Crippen MR) is 246 cm³/mol. The molecule has 73 heavy (non-hydrogen) atoms. The molecule has 0 unspecified atom stereocenters. The molecule has 0 atom stereocenters. The van der Waals surface area contributed by atoms with Crippen LogP contribution in [0.5, 0.6) is 0 Å². The number of fused-ring (bicyclic) bond motifs is 6. The van der Waals surface area contributed by atoms with Crippen LogP contribution in [0.25, 0.3) is 88.4 Å². The molecular weight excluding hydrogens is 988 g/mol. The second kappa shape index (κ2) is 16.7. The Morgan fingerprint density at radius 2 is 0.644 bits per heavy atom. The molecule has 0 amide bonds. The van der Waals surface area contributed by atoms with Crippen molar-refractivity contribution in [2.45, 2.75) is 37.8 Å². The molecule has 0 aliphatic rings. The predicted octanol–water partition coefficient (Wildman–Crippen LogP) is 18.2. The first-order chi connectivity index (χ1) is 34.2. The van der Waals surface area contributed by atoms with Crippen molar-refractivity contribution in [2.24, 2.45) is 0 Å². The van der Waals surface area contributed by atoms with E-state index >= 15 is 0 Å². The van der Waals surface area contributed by atoms with E-state index in [0.717, 1.165) is 12.1 Å². The van der Waals surface area contributed by atoms with Gasteiger partial charge in [0.1, 0.15) is 11.6 Å². The van der Waals surface area contributed by atoms with Gasteiger partial charge in [0.2, 0.25) is 0 Å². The van der Waals surface area contributed by atoms with Gasteiger partial charge in [-0.3, -0.25) is 0 Å². The zero-order valence-corrected chi connectivity index (χ0v) is 36.9. The van der Waals surface area contributed by atoms with Gasteiger partial charge in [-0.2, -0.15) is 71.1 Å². The van der Waals surface area contributed by atoms with Gasteiger partial charge in [-0.05, 0) is 131 Å². The van der Waals surface area contributed by atoms with E-state index in [1.807, 2.05) is 0 Å². The first-order valence-corrected chi connectivity index (χ1v) is 21.6. The maximum absolute atomic E-state index is 14.5. The quantitative estimate of drug-likeness (QED) is 0.158. The summed E-state index contributed by atoms with van der Waals surface area (Å²) in [5.74, 6) is 0. The Hall–Kier alpha value is -8.20. The SMILES string of the molecule is Cc1cc(-c2cc(-n3c4ccccc4c4ccc(-c5cc(C(F)(F)F)cc(C(F)(F)F)c5)cc43)c(C#N)c(-n3c4ccccc4c4ccc(-c5cc(C(F)(F)F)cc(C(F)(F)F)c5)cc43)c2)cc(C(F)(F)F)c1. The molecule has 3 nitrogen and oxygen atoms in total. The molecule has 0 radical (unpaired) electrons. The third-order valence-electron chi connectivity index (χ3n) is 12.6. The fraction of sp³-hybridized carbons (Fsp3) is 0.109. The standard InChI is InChI=1S/C55H28F15N3/c1-28-14-31(16-35(15-28)51(56,57)58)34-23-49(72-45-8-4-2-6-40(45)42-12-10-29(21-47(42)72)32-17-36(52(59,60)61)25-37(18-32)53(62,63)64)44(27-71)50(24-34)73-46-9-5-3-7-41(46)43-13-11-30(22-48(43)73)33-19-38(54(65,66)67)26-39(20-33)55(68,69)70/h2-26H,1H3. The van der Waals surface area contributed by atoms with Gasteiger partial charge in [-0.25, -0.2) is 0 Å². The minimum Gasteiger partial charge on any atom is -0.308 e. The van der Waals surface area contributed by atoms with Crippen molar-refractivity contribution in [3.8, 4) is 50.8 Å². The average Bonchev–Trinajstić information content (AvgIpc) is 3.83. The van der Waals surface area contributed by atoms with Gasteiger partial charge < -0.3 is 9.13 Å². The molecule has 0 saturated heterocycles. The van der Waals surface area contributed by atoms with Crippen LogP contribution < -0.4 is 0 Å². The Bertz CT molecular complexity index is 3650. The fourth-order valence-electron chi connectivity index (χ4n) is 9.42. The summed E-state index contributed by atoms with van der Waals surface area (Å²) in [6.45, 7) is 1.42. The maximum atomic E-state index is 14.5. The summed E-state index contributed by atoms with van der Waals surface area (Å²) in [6.07, 6.45) is -25.6. The van der Waals surface area contributed by atoms with E-state index in [4.69, 9.17) is 0 Å². The van der Waals surface area contributed by atoms with E-state index in [9.17, 15) is 71.1 Å². The van der Waals surface area contributed by atoms with Crippen LogP contribution in [-0.4, -0.2) is 9.13 Å². The Morgan fingerprint density at radius 1 is 0.329 bits per heavy atom. The molecule has 0 saturated carbocycles. The number of halogens is 15. The van der Waals surface area contributed by atoms with Gasteiger partial charge in [0.25, 0.3) is 0 Å². The van der Waals surface area contributed by atoms with Crippen LogP contribution in [0.2, 0.25) is 0 Å². The van der Waals surface area contributed by atoms with Crippen molar-refractivity contribution < 1.29 is 65.9 Å². The number of nitriles is 1. The number of rotatable bonds is 5. The number of alkyl halides is 15. The lowest BCUT2D eigenvalue weighted by atomic mass is 9.96. The third kappa shape index (κ3) is 8.65. The summed E-state index contributed by atoms with van der Waals surface area (Å²) in [5, 5.41) is 13.1. The molecular formula is C55H28F15N3. The van der Waals surface area contributed by atoms with Crippen molar-refractivity contribution in [1.29, 1.82) is 5.26 Å². The first kappa shape index (κ1) is 48.4. The van der Waals surface area contributed by atoms with Crippen molar-refractivity contribution in [3.05, 3.63) is 191 Å². The first-order valence-electron chi connectivity index (χ1n) is 21.6. The molecule has 0 aliphatic carbocycles. The van der Waals surface area contributed by atoms with Crippen LogP contribution in [0.3, 0.4) is 0 Å². The summed E-state index contributed by atoms with van der Waals surface area (Å²) >= 11 is 0. The van der Waals surface area contributed by atoms with Crippen LogP contribution in [0.4, 0.5) is 65.9 Å². The molecule has 0 N–H and O–H groups in total. The van der Waals surface area contributed by atoms with Gasteiger partial charge >= 0.3 is 30.9 Å². The fourth-order valence-corrected chi connectivity index (χ4v) is 9.42. The summed E-state index contributed by atoms with van der Waals surface area (Å²) in [5.41, 5.74) is -7.68. The van der Waals surface area contributed by atoms with Gasteiger partial charge in [-0.1, -0.05) is 66.7 Å². The van der Waals surface area contributed by atoms with E-state index in [1.54, 1.807) is 48.5 Å². The molecule has 0 fully saturated rings. The Morgan fingerprint density at radius 3 is 1.00 bits per heavy atom. The van der Waals surface area contributed by atoms with Gasteiger partial charge in [0.15, 0.2) is 0 Å². The van der Waals surface area contributed by atoms with Crippen LogP contribution in [-0.2, 0) is 30.9 Å². The molecule has 10 rings (SSSR count). The van der Waals surface area contributed by atoms with Gasteiger partial charge in [0.05, 0.1) is 61.3 Å². The van der Waals surface area contributed by atoms with E-state index in [-0.39, 0.29) is 67.9 Å². The Labute approximate surface area is 402 Å². The number of aromatic nitrogens is 2. The smallest absolute Gasteiger partial charge is 0.308 e. The Kier molecular flexibility index (Phi) is 11.1. The highest BCUT2D eigenvalue weighted by Gasteiger charge is 2.39. The summed E-state index contributed by atoms with van der Waals surface area (Å²) in [6, 6.07) is 31.7. The topological polar surface area (TPSA) is 33.6 Å². The summed E-state index contributed by atoms with van der Waals surface area (Å²) in [7, 11) is 0. The van der Waals surface area contributed by atoms with E-state index in [0.29, 0.717) is 56.8 Å². The zero-order valence-electron chi connectivity index (χ0n) is 36.9. The van der Waals surface area contributed by atoms with Crippen molar-refractivity contribution in [1.82, 2.24) is 9.13 Å². The highest BCUT2D eigenvalue weighted by atomic mass is 19.4. The number of nitrogens with zero attached hydrogens (tertiary/aromatic N) is 3. The third-order valence-corrected chi connectivity index (χ3v) is 12.6. The zero-order chi connectivity index (χ0) is 52.3. The number of para-hydroxylation sites is 2. The van der Waals surface area contributed by atoms with E-state index < -0.39 is 69.8 Å². The highest BCUT2D eigenvalue weighted by molar-refractivity contribution is 6.12. The molecule has 2 aromatic heterocycles. The molecule has 368 valence electrons. The lowest BCUT2D eigenvalue weighted by molar-refractivity contribution is -0.144. The highest BCUT2D eigenvalue weighted by Crippen LogP contribution is 2.46. The molecule has 8 aromatic carbocycles. The number of benzene rings is 8. The monoisotopic (exact) mass is 1020 g/mol. The van der Waals surface area contributed by atoms with Crippen LogP contribution in [0.15, 0.2) is 152 Å². The summed E-state index contributed by atoms with van der Waals surface area (Å²) < 4.78 is 216. The van der Waals surface area contributed by atoms with E-state index in [2.05, 4.69) is 6.07 Å². The van der Waals surface area contributed by atoms with Gasteiger partial charge in [-0.15, -0.1) is 0 Å². The molecule has 0 bridgehead atoms. The lowest BCUT2D eigenvalue weighted by Crippen LogP contribution is -2.11. The second-order valence-electron chi connectivity index (χ2n) is 17.3. The number of hydrogen-bond acceptors (Lipinski definition) is 1. The molecule has 0 aliphatic heterocycles. The molecule has 0 spiro atoms. The van der Waals surface area contributed by atoms with Crippen LogP contribution in [0.1, 0.15) is 38.9 Å². The van der Waals surface area contributed by atoms with Gasteiger partial charge in [0, 0.05) is 21.5 Å². The maximum Gasteiger partial charge on any atom is 0.416 e. The van der Waals surface area contributed by atoms with Crippen LogP contribution >= 0.6 is 0 Å². The lowest BCUT2D eigenvalue weighted by Gasteiger charge is -2.19. The second-order valence-corrected chi connectivity index (χ2v) is 17.3. The largest absolute Gasteiger partial charge is 0.416 e. The summed E-state index contributed by atoms with van der Waals surface area (Å²) in [4.78, 5) is 0. The molecule has 2 heterocycles. The Balaban J connectivity index is 1.33. The van der Waals surface area contributed by atoms with Crippen molar-refractivity contribution in [3.63, 3.8) is 0 Å². The van der Waals surface area contributed by atoms with Crippen molar-refractivity contribution >= 4 is 43.6 Å². The number of aryl methyl sites for hydroxylation is 1. The minimum absolute atomic E-state index is 0.0161. The average molecular weight is 1020 g/mol. The van der Waals surface area contributed by atoms with E-state index in [1.165, 1.54) is 70.7 Å². The molecule has 18 heteroatoms.